The van der Waals surface area contributed by atoms with Gasteiger partial charge in [-0.1, -0.05) is 0 Å². The average Bonchev–Trinajstić information content (AvgIpc) is 2.73. The van der Waals surface area contributed by atoms with Gasteiger partial charge in [-0.15, -0.1) is 0 Å². The molecule has 1 fully saturated rings. The van der Waals surface area contributed by atoms with E-state index in [9.17, 15) is 14.7 Å². The molecule has 2 heterocycles. The lowest BCUT2D eigenvalue weighted by Crippen LogP contribution is -2.26. The zero-order valence-corrected chi connectivity index (χ0v) is 10.4. The summed E-state index contributed by atoms with van der Waals surface area (Å²) in [4.78, 5) is 28.2. The van der Waals surface area contributed by atoms with E-state index in [4.69, 9.17) is 15.6 Å². The van der Waals surface area contributed by atoms with Gasteiger partial charge in [-0.25, -0.2) is 0 Å². The predicted octanol–water partition coefficient (Wildman–Crippen LogP) is -2.20. The van der Waals surface area contributed by atoms with Crippen LogP contribution in [-0.2, 0) is 9.53 Å². The molecule has 2 rings (SSSR count). The van der Waals surface area contributed by atoms with Crippen LogP contribution in [0.5, 0.6) is 0 Å². The highest BCUT2D eigenvalue weighted by molar-refractivity contribution is 5.78. The van der Waals surface area contributed by atoms with Crippen molar-refractivity contribution in [1.82, 2.24) is 9.97 Å². The Morgan fingerprint density at radius 3 is 2.95 bits per heavy atom. The van der Waals surface area contributed by atoms with E-state index in [1.54, 1.807) is 0 Å². The first-order valence-electron chi connectivity index (χ1n) is 5.86. The number of aliphatic hydroxyl groups excluding tert-OH is 2. The van der Waals surface area contributed by atoms with Crippen molar-refractivity contribution in [1.29, 1.82) is 0 Å². The maximum Gasteiger partial charge on any atom is 0.278 e. The molecule has 7 N–H and O–H groups in total. The Morgan fingerprint density at radius 1 is 1.60 bits per heavy atom. The van der Waals surface area contributed by atoms with Gasteiger partial charge >= 0.3 is 0 Å². The summed E-state index contributed by atoms with van der Waals surface area (Å²) in [6, 6.07) is 0. The Balaban J connectivity index is 2.21. The Labute approximate surface area is 113 Å². The van der Waals surface area contributed by atoms with Gasteiger partial charge in [0.15, 0.2) is 5.82 Å². The minimum atomic E-state index is -0.834. The lowest BCUT2D eigenvalue weighted by molar-refractivity contribution is -0.105. The molecule has 3 atom stereocenters. The number of nitrogen functional groups attached to an aromatic ring is 1. The summed E-state index contributed by atoms with van der Waals surface area (Å²) in [6.07, 6.45) is -1.69. The summed E-state index contributed by atoms with van der Waals surface area (Å²) in [5, 5.41) is 23.5. The van der Waals surface area contributed by atoms with Crippen LogP contribution < -0.4 is 21.9 Å². The van der Waals surface area contributed by atoms with Gasteiger partial charge < -0.3 is 31.3 Å². The number of amides is 1. The minimum Gasteiger partial charge on any atom is -0.394 e. The summed E-state index contributed by atoms with van der Waals surface area (Å²) < 4.78 is 5.32. The van der Waals surface area contributed by atoms with Crippen molar-refractivity contribution in [2.75, 3.05) is 23.0 Å². The highest BCUT2D eigenvalue weighted by Gasteiger charge is 2.34. The van der Waals surface area contributed by atoms with Crippen molar-refractivity contribution >= 4 is 23.9 Å². The molecule has 1 unspecified atom stereocenters. The predicted molar refractivity (Wildman–Crippen MR) is 69.0 cm³/mol. The van der Waals surface area contributed by atoms with Crippen LogP contribution >= 0.6 is 0 Å². The van der Waals surface area contributed by atoms with E-state index in [0.29, 0.717) is 6.41 Å². The molecule has 0 aliphatic carbocycles. The number of aromatic nitrogens is 2. The molecule has 10 heteroatoms. The second-order valence-corrected chi connectivity index (χ2v) is 4.23. The van der Waals surface area contributed by atoms with Gasteiger partial charge in [-0.3, -0.25) is 14.6 Å². The second-order valence-electron chi connectivity index (χ2n) is 4.23. The summed E-state index contributed by atoms with van der Waals surface area (Å²) in [7, 11) is 0. The molecule has 1 saturated heterocycles. The van der Waals surface area contributed by atoms with Gasteiger partial charge in [0, 0.05) is 6.42 Å². The fraction of sp³-hybridized carbons (Fsp3) is 0.500. The largest absolute Gasteiger partial charge is 0.394 e. The van der Waals surface area contributed by atoms with E-state index < -0.39 is 24.0 Å². The van der Waals surface area contributed by atoms with Crippen LogP contribution in [-0.4, -0.2) is 51.6 Å². The third-order valence-electron chi connectivity index (χ3n) is 2.84. The molecule has 0 aromatic carbocycles. The van der Waals surface area contributed by atoms with Gasteiger partial charge in [0.2, 0.25) is 12.4 Å². The Kier molecular flexibility index (Phi) is 4.17. The Morgan fingerprint density at radius 2 is 2.35 bits per heavy atom. The monoisotopic (exact) mass is 285 g/mol. The number of aromatic amines is 1. The smallest absolute Gasteiger partial charge is 0.278 e. The van der Waals surface area contributed by atoms with Gasteiger partial charge in [-0.05, 0) is 0 Å². The van der Waals surface area contributed by atoms with E-state index in [2.05, 4.69) is 20.6 Å². The molecule has 0 bridgehead atoms. The van der Waals surface area contributed by atoms with E-state index in [1.807, 2.05) is 0 Å². The van der Waals surface area contributed by atoms with E-state index >= 15 is 0 Å². The molecule has 0 radical (unpaired) electrons. The standard InChI is InChI=1S/C10H15N5O5/c11-10-14-8(7(12-3-17)9(19)15-10)13-6-1-4(18)5(2-16)20-6/h3-6,16,18H,1-2H2,(H,12,17)(H4,11,13,14,15,19)/t4?,5-,6+/m1/s1. The van der Waals surface area contributed by atoms with E-state index in [1.165, 1.54) is 0 Å². The van der Waals surface area contributed by atoms with Crippen molar-refractivity contribution in [2.24, 2.45) is 0 Å². The van der Waals surface area contributed by atoms with Crippen LogP contribution in [0.1, 0.15) is 6.42 Å². The number of rotatable bonds is 5. The normalized spacial score (nSPS) is 25.4. The molecule has 1 aliphatic heterocycles. The SMILES string of the molecule is Nc1nc(N[C@@H]2CC(O)[C@@H](CO)O2)c(NC=O)c(=O)[nH]1. The Bertz CT molecular complexity index is 547. The highest BCUT2D eigenvalue weighted by Crippen LogP contribution is 2.23. The lowest BCUT2D eigenvalue weighted by atomic mass is 10.2. The molecule has 110 valence electrons. The topological polar surface area (TPSA) is 163 Å². The van der Waals surface area contributed by atoms with Crippen LogP contribution in [0.3, 0.4) is 0 Å². The summed E-state index contributed by atoms with van der Waals surface area (Å²) in [6.45, 7) is -0.330. The molecule has 1 aliphatic rings. The molecule has 20 heavy (non-hydrogen) atoms. The number of H-pyrrole nitrogens is 1. The molecular weight excluding hydrogens is 270 g/mol. The lowest BCUT2D eigenvalue weighted by Gasteiger charge is -2.16. The number of carbonyl (C=O) groups excluding carboxylic acids is 1. The average molecular weight is 285 g/mol. The number of ether oxygens (including phenoxy) is 1. The maximum atomic E-state index is 11.6. The van der Waals surface area contributed by atoms with Gasteiger partial charge in [0.05, 0.1) is 12.7 Å². The molecule has 1 aromatic heterocycles. The fourth-order valence-electron chi connectivity index (χ4n) is 1.93. The summed E-state index contributed by atoms with van der Waals surface area (Å²) in [5.41, 5.74) is 4.69. The van der Waals surface area contributed by atoms with E-state index in [0.717, 1.165) is 0 Å². The molecule has 1 amide bonds. The first-order chi connectivity index (χ1) is 9.55. The number of nitrogens with one attached hydrogen (secondary N) is 3. The number of aliphatic hydroxyl groups is 2. The minimum absolute atomic E-state index is 0.0224. The maximum absolute atomic E-state index is 11.6. The van der Waals surface area contributed by atoms with Crippen molar-refractivity contribution in [3.05, 3.63) is 10.4 Å². The summed E-state index contributed by atoms with van der Waals surface area (Å²) in [5.74, 6) is -0.111. The molecule has 0 spiro atoms. The van der Waals surface area contributed by atoms with Crippen LogP contribution in [0.2, 0.25) is 0 Å². The van der Waals surface area contributed by atoms with Crippen LogP contribution in [0.15, 0.2) is 4.79 Å². The number of anilines is 3. The van der Waals surface area contributed by atoms with Gasteiger partial charge in [0.25, 0.3) is 5.56 Å². The van der Waals surface area contributed by atoms with E-state index in [-0.39, 0.29) is 30.5 Å². The second kappa shape index (κ2) is 5.86. The van der Waals surface area contributed by atoms with Crippen LogP contribution in [0.4, 0.5) is 17.5 Å². The first kappa shape index (κ1) is 14.2. The number of hydrogen-bond donors (Lipinski definition) is 6. The third-order valence-corrected chi connectivity index (χ3v) is 2.84. The van der Waals surface area contributed by atoms with Gasteiger partial charge in [-0.2, -0.15) is 4.98 Å². The molecule has 1 aromatic rings. The number of hydrogen-bond acceptors (Lipinski definition) is 8. The number of carbonyl (C=O) groups is 1. The van der Waals surface area contributed by atoms with Crippen LogP contribution in [0, 0.1) is 0 Å². The van der Waals surface area contributed by atoms with Crippen LogP contribution in [0.25, 0.3) is 0 Å². The zero-order valence-electron chi connectivity index (χ0n) is 10.4. The zero-order chi connectivity index (χ0) is 14.7. The van der Waals surface area contributed by atoms with Crippen molar-refractivity contribution < 1.29 is 19.7 Å². The van der Waals surface area contributed by atoms with Crippen molar-refractivity contribution in [3.63, 3.8) is 0 Å². The molecule has 10 nitrogen and oxygen atoms in total. The molecule has 0 saturated carbocycles. The molecular formula is C10H15N5O5. The van der Waals surface area contributed by atoms with Crippen molar-refractivity contribution in [2.45, 2.75) is 24.9 Å². The number of nitrogens with two attached hydrogens (primary N) is 1. The highest BCUT2D eigenvalue weighted by atomic mass is 16.5. The van der Waals surface area contributed by atoms with Crippen molar-refractivity contribution in [3.8, 4) is 0 Å². The van der Waals surface area contributed by atoms with Gasteiger partial charge in [0.1, 0.15) is 18.0 Å². The quantitative estimate of drug-likeness (QED) is 0.332. The first-order valence-corrected chi connectivity index (χ1v) is 5.86. The third kappa shape index (κ3) is 2.87. The Hall–Kier alpha value is -2.17. The number of nitrogens with zero attached hydrogens (tertiary/aromatic N) is 1. The summed E-state index contributed by atoms with van der Waals surface area (Å²) >= 11 is 0. The fourth-order valence-corrected chi connectivity index (χ4v) is 1.93.